The minimum absolute atomic E-state index is 0.0342. The van der Waals surface area contributed by atoms with Crippen LogP contribution in [-0.2, 0) is 67.9 Å². The molecule has 0 aromatic heterocycles. The fourth-order valence-electron chi connectivity index (χ4n) is 13.7. The molecule has 1 spiro atoms. The molecule has 0 saturated carbocycles. The molecule has 9 rings (SSSR count). The Morgan fingerprint density at radius 1 is 0.663 bits per heavy atom. The fourth-order valence-corrected chi connectivity index (χ4v) is 13.9. The Balaban J connectivity index is 0.914. The van der Waals surface area contributed by atoms with Crippen LogP contribution in [0.1, 0.15) is 137 Å². The highest BCUT2D eigenvalue weighted by Gasteiger charge is 2.54. The lowest BCUT2D eigenvalue weighted by Crippen LogP contribution is -2.61. The lowest BCUT2D eigenvalue weighted by Gasteiger charge is -2.36. The van der Waals surface area contributed by atoms with Crippen molar-refractivity contribution in [2.75, 3.05) is 57.7 Å². The van der Waals surface area contributed by atoms with E-state index < -0.39 is 170 Å². The normalized spacial score (nSPS) is 23.8. The second-order valence-electron chi connectivity index (χ2n) is 25.8. The fraction of sp³-hybridized carbons (Fsp3) is 0.500. The van der Waals surface area contributed by atoms with E-state index in [1.165, 1.54) is 58.9 Å². The summed E-state index contributed by atoms with van der Waals surface area (Å²) >= 11 is 5.66. The average Bonchev–Trinajstić information content (AvgIpc) is 1.60. The van der Waals surface area contributed by atoms with Crippen LogP contribution in [0.2, 0.25) is 0 Å². The molecule has 0 radical (unpaired) electrons. The van der Waals surface area contributed by atoms with Crippen LogP contribution in [0.25, 0.3) is 0 Å². The summed E-state index contributed by atoms with van der Waals surface area (Å²) in [5.41, 5.74) is 6.01. The summed E-state index contributed by atoms with van der Waals surface area (Å²) < 4.78 is 12.2. The van der Waals surface area contributed by atoms with Gasteiger partial charge in [-0.1, -0.05) is 12.2 Å². The number of ether oxygens (including phenoxy) is 2. The van der Waals surface area contributed by atoms with E-state index in [9.17, 15) is 87.9 Å². The SMILES string of the molecule is C[C@@H]1NC(=O)[C@H]([C@@H](C)O)NC(=O)[C@@H]2CCCN2C(=O)[C@H](CCC(=O)O)NC(=O)CN(C(=O)CCCCNC(=S)Nc2ccc3c(c2)C2(OC3=O)c3ccc(O)cc3Oc3cc(O)ccc32)CCC/C=C\CN(CC(N)=O)C(=O)[C@H](CCC(=O)O)NC(=O)[C@@H]2CCCN2C(=O)[C@@H]2CCCN2C1=O. The van der Waals surface area contributed by atoms with Gasteiger partial charge in [0.15, 0.2) is 10.7 Å². The second kappa shape index (κ2) is 33.2. The zero-order chi connectivity index (χ0) is 73.0. The molecule has 33 heteroatoms. The summed E-state index contributed by atoms with van der Waals surface area (Å²) in [6.07, 6.45) is 1.70. The van der Waals surface area contributed by atoms with Crippen molar-refractivity contribution in [3.63, 3.8) is 0 Å². The first-order valence-electron chi connectivity index (χ1n) is 33.7. The molecule has 6 aliphatic heterocycles. The number of esters is 1. The number of aliphatic hydroxyl groups excluding tert-OH is 1. The molecule has 101 heavy (non-hydrogen) atoms. The highest BCUT2D eigenvalue weighted by molar-refractivity contribution is 7.80. The van der Waals surface area contributed by atoms with Crippen LogP contribution < -0.4 is 42.4 Å². The number of primary amides is 1. The van der Waals surface area contributed by atoms with Crippen molar-refractivity contribution in [1.82, 2.24) is 51.1 Å². The molecule has 0 unspecified atom stereocenters. The Labute approximate surface area is 585 Å². The van der Waals surface area contributed by atoms with Crippen LogP contribution in [-0.4, -0.2) is 233 Å². The van der Waals surface area contributed by atoms with Crippen molar-refractivity contribution in [2.24, 2.45) is 5.73 Å². The number of phenols is 2. The number of anilines is 1. The quantitative estimate of drug-likeness (QED) is 0.0430. The van der Waals surface area contributed by atoms with Crippen LogP contribution in [0.3, 0.4) is 0 Å². The number of hydrogen-bond acceptors (Lipinski definition) is 19. The predicted octanol–water partition coefficient (Wildman–Crippen LogP) is 0.658. The van der Waals surface area contributed by atoms with Crippen molar-refractivity contribution in [1.29, 1.82) is 0 Å². The highest BCUT2D eigenvalue weighted by atomic mass is 32.1. The largest absolute Gasteiger partial charge is 0.508 e. The number of aromatic hydroxyl groups is 2. The summed E-state index contributed by atoms with van der Waals surface area (Å²) in [6.45, 7) is 1.28. The number of carbonyl (C=O) groups is 13. The number of carbonyl (C=O) groups excluding carboxylic acids is 11. The molecule has 6 aliphatic rings. The minimum Gasteiger partial charge on any atom is -0.508 e. The molecule has 3 aromatic rings. The number of unbranched alkanes of at least 4 members (excludes halogenated alkanes) is 1. The number of carboxylic acids is 2. The third-order valence-electron chi connectivity index (χ3n) is 18.6. The van der Waals surface area contributed by atoms with Crippen molar-refractivity contribution < 1.29 is 97.3 Å². The first-order chi connectivity index (χ1) is 48.1. The molecule has 32 nitrogen and oxygen atoms in total. The smallest absolute Gasteiger partial charge is 0.340 e. The van der Waals surface area contributed by atoms with Crippen molar-refractivity contribution >= 4 is 100.0 Å². The molecule has 3 fully saturated rings. The molecule has 10 amide bonds. The summed E-state index contributed by atoms with van der Waals surface area (Å²) in [6, 6.07) is 4.02. The van der Waals surface area contributed by atoms with Gasteiger partial charge in [0.25, 0.3) is 0 Å². The lowest BCUT2D eigenvalue weighted by molar-refractivity contribution is -0.148. The monoisotopic (exact) mass is 1420 g/mol. The van der Waals surface area contributed by atoms with Crippen molar-refractivity contribution in [2.45, 2.75) is 164 Å². The topological polar surface area (TPSA) is 456 Å². The Hall–Kier alpha value is -10.4. The van der Waals surface area contributed by atoms with Gasteiger partial charge in [0.2, 0.25) is 59.1 Å². The van der Waals surface area contributed by atoms with Gasteiger partial charge in [-0.3, -0.25) is 57.5 Å². The Morgan fingerprint density at radius 2 is 1.25 bits per heavy atom. The third-order valence-corrected chi connectivity index (χ3v) is 18.8. The molecule has 3 aromatic carbocycles. The standard InChI is InChI=1S/C68H84N12O20S/c1-37-62(94)80-31-11-14-50(80)65(97)79-30-10-12-48(79)59(91)74-46(22-24-56(87)88)63(95)77(35-53(69)84)28-8-4-3-7-27-76(36-54(85)73-47(23-25-57(89)90)64(96)78-29-9-13-49(78)60(92)75-58(38(2)81)61(93)71-37)55(86)15-5-6-26-70-67(101)72-39-16-19-42-45(32-39)68(100-66(42)98)43-20-17-40(82)33-51(43)99-52-34-41(83)18-21-44(52)68/h4,8,16-21,32-34,37-38,46-50,58,81-83H,3,5-7,9-15,22-31,35-36H2,1-2H3,(H2,69,84)(H,71,93)(H,73,85)(H,74,91)(H,75,92)(H,87,88)(H,89,90)(H2,70,72,101)/b8-4-/t37-,38+,46-,47-,48-,49-,50-,58-/m0/s1. The summed E-state index contributed by atoms with van der Waals surface area (Å²) in [5.74, 6) is -11.1. The van der Waals surface area contributed by atoms with Crippen LogP contribution in [0.4, 0.5) is 5.69 Å². The van der Waals surface area contributed by atoms with E-state index in [0.29, 0.717) is 41.6 Å². The van der Waals surface area contributed by atoms with Gasteiger partial charge in [0.05, 0.1) is 24.8 Å². The average molecular weight is 1420 g/mol. The number of nitrogens with two attached hydrogens (primary N) is 1. The summed E-state index contributed by atoms with van der Waals surface area (Å²) in [5, 5.41) is 67.6. The van der Waals surface area contributed by atoms with Gasteiger partial charge in [-0.25, -0.2) is 4.79 Å². The van der Waals surface area contributed by atoms with E-state index in [-0.39, 0.29) is 124 Å². The Morgan fingerprint density at radius 3 is 1.85 bits per heavy atom. The van der Waals surface area contributed by atoms with Gasteiger partial charge in [-0.05, 0) is 146 Å². The second-order valence-corrected chi connectivity index (χ2v) is 26.2. The number of aliphatic hydroxyl groups is 1. The molecular formula is C68H84N12O20S. The number of phenolic OH excluding ortho intramolecular Hbond substituents is 2. The number of fused-ring (bicyclic) bond motifs is 9. The van der Waals surface area contributed by atoms with E-state index in [4.69, 9.17) is 27.4 Å². The van der Waals surface area contributed by atoms with E-state index in [0.717, 1.165) is 9.80 Å². The van der Waals surface area contributed by atoms with Crippen molar-refractivity contribution in [3.8, 4) is 23.0 Å². The first kappa shape index (κ1) is 74.8. The predicted molar refractivity (Wildman–Crippen MR) is 360 cm³/mol. The number of nitrogens with zero attached hydrogens (tertiary/aromatic N) is 5. The molecule has 3 saturated heterocycles. The number of thiocarbonyl (C=S) groups is 1. The van der Waals surface area contributed by atoms with E-state index in [2.05, 4.69) is 31.9 Å². The molecule has 13 N–H and O–H groups in total. The van der Waals surface area contributed by atoms with Crippen molar-refractivity contribution in [3.05, 3.63) is 89.0 Å². The number of carboxylic acid groups (broad SMARTS) is 2. The molecule has 0 bridgehead atoms. The Bertz CT molecular complexity index is 3740. The highest BCUT2D eigenvalue weighted by Crippen LogP contribution is 2.57. The minimum atomic E-state index is -1.70. The number of amides is 10. The molecule has 8 atom stereocenters. The van der Waals surface area contributed by atoms with Gasteiger partial charge in [-0.15, -0.1) is 0 Å². The van der Waals surface area contributed by atoms with E-state index in [1.54, 1.807) is 36.4 Å². The maximum absolute atomic E-state index is 14.5. The number of benzene rings is 3. The lowest BCUT2D eigenvalue weighted by atomic mass is 9.77. The van der Waals surface area contributed by atoms with Crippen LogP contribution in [0, 0.1) is 0 Å². The zero-order valence-corrected chi connectivity index (χ0v) is 56.6. The van der Waals surface area contributed by atoms with Gasteiger partial charge in [0, 0.05) is 93.0 Å². The molecule has 6 heterocycles. The number of aliphatic carboxylic acids is 2. The number of nitrogens with one attached hydrogen (secondary N) is 6. The maximum atomic E-state index is 14.5. The van der Waals surface area contributed by atoms with Gasteiger partial charge in [0.1, 0.15) is 65.3 Å². The molecule has 0 aliphatic carbocycles. The Kier molecular flexibility index (Phi) is 24.5. The third kappa shape index (κ3) is 17.8. The van der Waals surface area contributed by atoms with Gasteiger partial charge >= 0.3 is 17.9 Å². The van der Waals surface area contributed by atoms with E-state index in [1.807, 2.05) is 0 Å². The number of hydrogen-bond donors (Lipinski definition) is 12. The van der Waals surface area contributed by atoms with Gasteiger partial charge in [-0.2, -0.15) is 0 Å². The van der Waals surface area contributed by atoms with Crippen LogP contribution in [0.5, 0.6) is 23.0 Å². The summed E-state index contributed by atoms with van der Waals surface area (Å²) in [4.78, 5) is 184. The zero-order valence-electron chi connectivity index (χ0n) is 55.8. The first-order valence-corrected chi connectivity index (χ1v) is 34.1. The molecular weight excluding hydrogens is 1340 g/mol. The molecule has 542 valence electrons. The van der Waals surface area contributed by atoms with Crippen LogP contribution in [0.15, 0.2) is 66.7 Å². The number of rotatable bonds is 15. The van der Waals surface area contributed by atoms with Gasteiger partial charge < -0.3 is 97.1 Å². The van der Waals surface area contributed by atoms with Crippen LogP contribution >= 0.6 is 12.2 Å². The maximum Gasteiger partial charge on any atom is 0.340 e. The summed E-state index contributed by atoms with van der Waals surface area (Å²) in [7, 11) is 0. The number of allylic oxidation sites excluding steroid dienone is 1. The van der Waals surface area contributed by atoms with E-state index >= 15 is 0 Å².